The summed E-state index contributed by atoms with van der Waals surface area (Å²) in [6.07, 6.45) is 4.23. The lowest BCUT2D eigenvalue weighted by molar-refractivity contribution is 0.466. The van der Waals surface area contributed by atoms with Crippen molar-refractivity contribution in [1.29, 1.82) is 0 Å². The highest BCUT2D eigenvalue weighted by atomic mass is 15.1. The Morgan fingerprint density at radius 3 is 1.33 bits per heavy atom. The lowest BCUT2D eigenvalue weighted by Crippen LogP contribution is -2.55. The molecule has 1 heterocycles. The average molecular weight is 208 g/mol. The Hall–Kier alpha value is 0.0499. The summed E-state index contributed by atoms with van der Waals surface area (Å²) in [5.74, 6) is 0. The highest BCUT2D eigenvalue weighted by Gasteiger charge is 2.40. The first-order valence-electron chi connectivity index (χ1n) is 6.76. The van der Waals surface area contributed by atoms with Crippen molar-refractivity contribution >= 4 is 13.5 Å². The van der Waals surface area contributed by atoms with Crippen LogP contribution in [0.2, 0.25) is 12.6 Å². The van der Waals surface area contributed by atoms with Crippen LogP contribution in [0.1, 0.15) is 34.1 Å². The Morgan fingerprint density at radius 2 is 1.07 bits per heavy atom. The molecule has 0 saturated carbocycles. The van der Waals surface area contributed by atoms with E-state index >= 15 is 0 Å². The van der Waals surface area contributed by atoms with E-state index in [9.17, 15) is 0 Å². The lowest BCUT2D eigenvalue weighted by Gasteiger charge is -2.33. The van der Waals surface area contributed by atoms with Gasteiger partial charge in [-0.25, -0.2) is 0 Å². The fourth-order valence-electron chi connectivity index (χ4n) is 3.16. The van der Waals surface area contributed by atoms with Crippen LogP contribution in [-0.4, -0.2) is 49.3 Å². The molecule has 1 fully saturated rings. The first kappa shape index (κ1) is 13.1. The molecule has 4 heteroatoms. The molecule has 0 aromatic carbocycles. The second-order valence-electron chi connectivity index (χ2n) is 4.51. The van der Waals surface area contributed by atoms with Crippen molar-refractivity contribution in [3.8, 4) is 0 Å². The Labute approximate surface area is 96.6 Å². The SMILES string of the molecule is CCN(CC)B1CCCB1N(CC)CC. The monoisotopic (exact) mass is 208 g/mol. The molecule has 0 amide bonds. The largest absolute Gasteiger partial charge is 0.347 e. The molecule has 86 valence electrons. The van der Waals surface area contributed by atoms with E-state index < -0.39 is 0 Å². The van der Waals surface area contributed by atoms with Crippen molar-refractivity contribution < 1.29 is 0 Å². The number of hydrogen-bond donors (Lipinski definition) is 0. The van der Waals surface area contributed by atoms with Crippen molar-refractivity contribution in [2.75, 3.05) is 26.2 Å². The van der Waals surface area contributed by atoms with Crippen molar-refractivity contribution in [1.82, 2.24) is 9.62 Å². The van der Waals surface area contributed by atoms with E-state index in [2.05, 4.69) is 37.3 Å². The van der Waals surface area contributed by atoms with Gasteiger partial charge in [-0.1, -0.05) is 46.8 Å². The minimum Gasteiger partial charge on any atom is -0.347 e. The van der Waals surface area contributed by atoms with E-state index in [1.807, 2.05) is 0 Å². The first-order chi connectivity index (χ1) is 7.28. The standard InChI is InChI=1S/C11H26B2N2/c1-5-14(6-2)12-10-9-11-13(12)15(7-3)8-4/h5-11H2,1-4H3. The minimum atomic E-state index is 0.819. The summed E-state index contributed by atoms with van der Waals surface area (Å²) < 4.78 is 0. The molecule has 0 aromatic heterocycles. The molecular formula is C11H26B2N2. The van der Waals surface area contributed by atoms with Gasteiger partial charge in [0.25, 0.3) is 0 Å². The maximum Gasteiger partial charge on any atom is 0.208 e. The van der Waals surface area contributed by atoms with Crippen LogP contribution in [0.25, 0.3) is 0 Å². The zero-order valence-corrected chi connectivity index (χ0v) is 11.0. The van der Waals surface area contributed by atoms with Gasteiger partial charge in [0.1, 0.15) is 0 Å². The lowest BCUT2D eigenvalue weighted by atomic mass is 9.21. The zero-order chi connectivity index (χ0) is 11.3. The van der Waals surface area contributed by atoms with Crippen LogP contribution in [0, 0.1) is 0 Å². The first-order valence-corrected chi connectivity index (χ1v) is 6.76. The molecule has 0 spiro atoms. The van der Waals surface area contributed by atoms with Crippen LogP contribution in [0.4, 0.5) is 0 Å². The van der Waals surface area contributed by atoms with Crippen LogP contribution in [-0.2, 0) is 0 Å². The van der Waals surface area contributed by atoms with Gasteiger partial charge < -0.3 is 9.62 Å². The van der Waals surface area contributed by atoms with E-state index in [1.165, 1.54) is 45.2 Å². The molecule has 1 saturated heterocycles. The molecule has 0 aromatic rings. The Balaban J connectivity index is 2.62. The van der Waals surface area contributed by atoms with E-state index in [4.69, 9.17) is 0 Å². The predicted octanol–water partition coefficient (Wildman–Crippen LogP) is 2.14. The molecule has 1 aliphatic rings. The number of hydrogen-bond acceptors (Lipinski definition) is 2. The predicted molar refractivity (Wildman–Crippen MR) is 71.6 cm³/mol. The Bertz CT molecular complexity index is 152. The van der Waals surface area contributed by atoms with Crippen LogP contribution in [0.15, 0.2) is 0 Å². The molecule has 0 unspecified atom stereocenters. The normalized spacial score (nSPS) is 17.2. The Morgan fingerprint density at radius 1 is 0.733 bits per heavy atom. The van der Waals surface area contributed by atoms with Crippen LogP contribution in [0.5, 0.6) is 0 Å². The summed E-state index contributed by atoms with van der Waals surface area (Å²) in [4.78, 5) is 5.30. The summed E-state index contributed by atoms with van der Waals surface area (Å²) in [7, 11) is 0. The zero-order valence-electron chi connectivity index (χ0n) is 11.0. The minimum absolute atomic E-state index is 0.819. The molecule has 0 aliphatic carbocycles. The van der Waals surface area contributed by atoms with Gasteiger partial charge in [0.05, 0.1) is 0 Å². The highest BCUT2D eigenvalue weighted by Crippen LogP contribution is 2.23. The Kier molecular flexibility index (Phi) is 5.77. The molecule has 15 heavy (non-hydrogen) atoms. The van der Waals surface area contributed by atoms with Gasteiger partial charge in [-0.05, 0) is 26.2 Å². The van der Waals surface area contributed by atoms with Gasteiger partial charge in [0.2, 0.25) is 13.5 Å². The summed E-state index contributed by atoms with van der Waals surface area (Å²) in [6, 6.07) is 0. The van der Waals surface area contributed by atoms with E-state index in [0.29, 0.717) is 0 Å². The van der Waals surface area contributed by atoms with Crippen LogP contribution >= 0.6 is 0 Å². The third-order valence-corrected chi connectivity index (χ3v) is 4.01. The third kappa shape index (κ3) is 3.01. The van der Waals surface area contributed by atoms with Gasteiger partial charge in [-0.3, -0.25) is 0 Å². The molecule has 2 nitrogen and oxygen atoms in total. The second kappa shape index (κ2) is 6.59. The van der Waals surface area contributed by atoms with Gasteiger partial charge in [-0.15, -0.1) is 0 Å². The summed E-state index contributed by atoms with van der Waals surface area (Å²) in [5, 5.41) is 0. The fourth-order valence-corrected chi connectivity index (χ4v) is 3.16. The number of rotatable bonds is 6. The third-order valence-electron chi connectivity index (χ3n) is 4.01. The summed E-state index contributed by atoms with van der Waals surface area (Å²) in [6.45, 7) is 15.6. The second-order valence-corrected chi connectivity index (χ2v) is 4.51. The van der Waals surface area contributed by atoms with Crippen molar-refractivity contribution in [2.45, 2.75) is 46.8 Å². The van der Waals surface area contributed by atoms with Gasteiger partial charge in [0.15, 0.2) is 0 Å². The summed E-state index contributed by atoms with van der Waals surface area (Å²) in [5.41, 5.74) is 0. The maximum atomic E-state index is 2.65. The van der Waals surface area contributed by atoms with Gasteiger partial charge in [-0.2, -0.15) is 0 Å². The van der Waals surface area contributed by atoms with Crippen molar-refractivity contribution in [2.24, 2.45) is 0 Å². The fraction of sp³-hybridized carbons (Fsp3) is 1.00. The maximum absolute atomic E-state index is 2.65. The average Bonchev–Trinajstić information content (AvgIpc) is 2.71. The molecule has 0 atom stereocenters. The molecular weight excluding hydrogens is 182 g/mol. The van der Waals surface area contributed by atoms with Gasteiger partial charge >= 0.3 is 0 Å². The van der Waals surface area contributed by atoms with Crippen LogP contribution in [0.3, 0.4) is 0 Å². The molecule has 0 N–H and O–H groups in total. The van der Waals surface area contributed by atoms with Crippen molar-refractivity contribution in [3.05, 3.63) is 0 Å². The molecule has 0 bridgehead atoms. The smallest absolute Gasteiger partial charge is 0.208 e. The van der Waals surface area contributed by atoms with Crippen molar-refractivity contribution in [3.63, 3.8) is 0 Å². The molecule has 1 rings (SSSR count). The topological polar surface area (TPSA) is 6.48 Å². The molecule has 1 aliphatic heterocycles. The van der Waals surface area contributed by atoms with E-state index in [0.717, 1.165) is 13.5 Å². The van der Waals surface area contributed by atoms with E-state index in [1.54, 1.807) is 0 Å². The number of nitrogens with zero attached hydrogens (tertiary/aromatic N) is 2. The molecule has 0 radical (unpaired) electrons. The van der Waals surface area contributed by atoms with Gasteiger partial charge in [0, 0.05) is 0 Å². The van der Waals surface area contributed by atoms with Crippen LogP contribution < -0.4 is 0 Å². The highest BCUT2D eigenvalue weighted by molar-refractivity contribution is 7.21. The summed E-state index contributed by atoms with van der Waals surface area (Å²) >= 11 is 0. The quantitative estimate of drug-likeness (QED) is 0.617. The van der Waals surface area contributed by atoms with E-state index in [-0.39, 0.29) is 0 Å².